The Kier molecular flexibility index (Phi) is 3.79. The summed E-state index contributed by atoms with van der Waals surface area (Å²) in [6, 6.07) is 0. The lowest BCUT2D eigenvalue weighted by Gasteiger charge is -2.29. The van der Waals surface area contributed by atoms with Crippen molar-refractivity contribution in [3.05, 3.63) is 0 Å². The van der Waals surface area contributed by atoms with Crippen molar-refractivity contribution in [1.29, 1.82) is 0 Å². The Morgan fingerprint density at radius 3 is 2.60 bits per heavy atom. The van der Waals surface area contributed by atoms with Crippen molar-refractivity contribution in [2.45, 2.75) is 50.1 Å². The third-order valence-corrected chi connectivity index (χ3v) is 4.57. The molecule has 0 saturated heterocycles. The van der Waals surface area contributed by atoms with Gasteiger partial charge < -0.3 is 9.84 Å². The van der Waals surface area contributed by atoms with Crippen LogP contribution in [0.2, 0.25) is 0 Å². The molecule has 2 atom stereocenters. The Morgan fingerprint density at radius 1 is 1.53 bits per heavy atom. The van der Waals surface area contributed by atoms with Gasteiger partial charge in [0.1, 0.15) is 5.60 Å². The first-order chi connectivity index (χ1) is 6.76. The lowest BCUT2D eigenvalue weighted by Crippen LogP contribution is -2.46. The predicted molar refractivity (Wildman–Crippen MR) is 58.5 cm³/mol. The first kappa shape index (κ1) is 12.9. The van der Waals surface area contributed by atoms with E-state index in [1.54, 1.807) is 0 Å². The number of hydrogen-bond donors (Lipinski definition) is 1. The SMILES string of the molecule is CC(C)OCC1(O)CCCC1S(C)(=O)=O. The van der Waals surface area contributed by atoms with Crippen LogP contribution in [0.1, 0.15) is 33.1 Å². The highest BCUT2D eigenvalue weighted by Gasteiger charge is 2.47. The van der Waals surface area contributed by atoms with E-state index in [0.29, 0.717) is 12.8 Å². The van der Waals surface area contributed by atoms with Crippen LogP contribution < -0.4 is 0 Å². The molecule has 5 heteroatoms. The second kappa shape index (κ2) is 4.39. The summed E-state index contributed by atoms with van der Waals surface area (Å²) in [5.74, 6) is 0. The maximum atomic E-state index is 11.5. The first-order valence-electron chi connectivity index (χ1n) is 5.28. The maximum absolute atomic E-state index is 11.5. The van der Waals surface area contributed by atoms with Gasteiger partial charge >= 0.3 is 0 Å². The maximum Gasteiger partial charge on any atom is 0.153 e. The second-order valence-corrected chi connectivity index (χ2v) is 6.90. The van der Waals surface area contributed by atoms with Gasteiger partial charge in [-0.1, -0.05) is 0 Å². The van der Waals surface area contributed by atoms with Crippen LogP contribution >= 0.6 is 0 Å². The normalized spacial score (nSPS) is 32.5. The quantitative estimate of drug-likeness (QED) is 0.782. The molecule has 1 saturated carbocycles. The summed E-state index contributed by atoms with van der Waals surface area (Å²) in [5, 5.41) is 9.57. The van der Waals surface area contributed by atoms with Gasteiger partial charge in [0.15, 0.2) is 9.84 Å². The molecule has 0 aliphatic heterocycles. The fourth-order valence-corrected chi connectivity index (χ4v) is 3.69. The number of aliphatic hydroxyl groups is 1. The lowest BCUT2D eigenvalue weighted by molar-refractivity contribution is -0.0580. The Balaban J connectivity index is 2.73. The molecule has 0 radical (unpaired) electrons. The van der Waals surface area contributed by atoms with Crippen LogP contribution in [0.5, 0.6) is 0 Å². The first-order valence-corrected chi connectivity index (χ1v) is 7.24. The molecule has 0 aromatic carbocycles. The molecule has 0 aromatic heterocycles. The van der Waals surface area contributed by atoms with E-state index in [9.17, 15) is 13.5 Å². The summed E-state index contributed by atoms with van der Waals surface area (Å²) in [5.41, 5.74) is -1.18. The van der Waals surface area contributed by atoms with Gasteiger partial charge in [-0.25, -0.2) is 8.42 Å². The third-order valence-electron chi connectivity index (χ3n) is 2.86. The number of hydrogen-bond acceptors (Lipinski definition) is 4. The highest BCUT2D eigenvalue weighted by molar-refractivity contribution is 7.91. The molecular weight excluding hydrogens is 216 g/mol. The molecule has 0 spiro atoms. The minimum atomic E-state index is -3.19. The standard InChI is InChI=1S/C10H20O4S/c1-8(2)14-7-10(11)6-4-5-9(10)15(3,12)13/h8-9,11H,4-7H2,1-3H3. The number of sulfone groups is 1. The van der Waals surface area contributed by atoms with Crippen LogP contribution in [0.4, 0.5) is 0 Å². The molecule has 1 N–H and O–H groups in total. The molecule has 0 aromatic rings. The van der Waals surface area contributed by atoms with E-state index in [1.165, 1.54) is 6.26 Å². The molecule has 0 amide bonds. The van der Waals surface area contributed by atoms with Crippen molar-refractivity contribution in [3.63, 3.8) is 0 Å². The van der Waals surface area contributed by atoms with Gasteiger partial charge in [-0.15, -0.1) is 0 Å². The molecule has 1 aliphatic rings. The Morgan fingerprint density at radius 2 is 2.13 bits per heavy atom. The Labute approximate surface area is 91.6 Å². The van der Waals surface area contributed by atoms with Crippen LogP contribution in [0.3, 0.4) is 0 Å². The Bertz CT molecular complexity index is 309. The molecule has 1 aliphatic carbocycles. The largest absolute Gasteiger partial charge is 0.386 e. The molecule has 0 bridgehead atoms. The third kappa shape index (κ3) is 3.16. The van der Waals surface area contributed by atoms with Gasteiger partial charge in [0.25, 0.3) is 0 Å². The van der Waals surface area contributed by atoms with Crippen LogP contribution in [0, 0.1) is 0 Å². The molecule has 15 heavy (non-hydrogen) atoms. The van der Waals surface area contributed by atoms with E-state index in [2.05, 4.69) is 0 Å². The fourth-order valence-electron chi connectivity index (χ4n) is 2.11. The Hall–Kier alpha value is -0.130. The molecule has 2 unspecified atom stereocenters. The summed E-state index contributed by atoms with van der Waals surface area (Å²) in [7, 11) is -3.19. The van der Waals surface area contributed by atoms with Crippen LogP contribution in [0.25, 0.3) is 0 Å². The number of rotatable bonds is 4. The zero-order chi connectivity index (χ0) is 11.7. The van der Waals surface area contributed by atoms with Crippen molar-refractivity contribution in [3.8, 4) is 0 Å². The fraction of sp³-hybridized carbons (Fsp3) is 1.00. The van der Waals surface area contributed by atoms with Crippen LogP contribution in [-0.4, -0.2) is 43.3 Å². The summed E-state index contributed by atoms with van der Waals surface area (Å²) in [4.78, 5) is 0. The highest BCUT2D eigenvalue weighted by atomic mass is 32.2. The number of ether oxygens (including phenoxy) is 1. The van der Waals surface area contributed by atoms with Gasteiger partial charge in [0.2, 0.25) is 0 Å². The highest BCUT2D eigenvalue weighted by Crippen LogP contribution is 2.35. The summed E-state index contributed by atoms with van der Waals surface area (Å²) in [6.07, 6.45) is 2.99. The van der Waals surface area contributed by atoms with Crippen molar-refractivity contribution in [1.82, 2.24) is 0 Å². The van der Waals surface area contributed by atoms with Crippen molar-refractivity contribution in [2.75, 3.05) is 12.9 Å². The van der Waals surface area contributed by atoms with E-state index >= 15 is 0 Å². The second-order valence-electron chi connectivity index (χ2n) is 4.67. The van der Waals surface area contributed by atoms with Crippen molar-refractivity contribution in [2.24, 2.45) is 0 Å². The van der Waals surface area contributed by atoms with E-state index in [4.69, 9.17) is 4.74 Å². The average molecular weight is 236 g/mol. The van der Waals surface area contributed by atoms with Gasteiger partial charge in [-0.3, -0.25) is 0 Å². The molecule has 1 rings (SSSR count). The zero-order valence-electron chi connectivity index (χ0n) is 9.56. The minimum absolute atomic E-state index is 0.00911. The van der Waals surface area contributed by atoms with Crippen LogP contribution in [0.15, 0.2) is 0 Å². The summed E-state index contributed by atoms with van der Waals surface area (Å²) in [6.45, 7) is 3.85. The monoisotopic (exact) mass is 236 g/mol. The van der Waals surface area contributed by atoms with Gasteiger partial charge in [0, 0.05) is 6.26 Å². The van der Waals surface area contributed by atoms with E-state index in [1.807, 2.05) is 13.8 Å². The van der Waals surface area contributed by atoms with Crippen molar-refractivity contribution < 1.29 is 18.3 Å². The van der Waals surface area contributed by atoms with Gasteiger partial charge in [-0.2, -0.15) is 0 Å². The molecule has 1 fully saturated rings. The van der Waals surface area contributed by atoms with Crippen LogP contribution in [-0.2, 0) is 14.6 Å². The van der Waals surface area contributed by atoms with Gasteiger partial charge in [-0.05, 0) is 33.1 Å². The van der Waals surface area contributed by atoms with E-state index in [-0.39, 0.29) is 12.7 Å². The molecule has 90 valence electrons. The molecule has 0 heterocycles. The average Bonchev–Trinajstić information content (AvgIpc) is 2.44. The topological polar surface area (TPSA) is 63.6 Å². The summed E-state index contributed by atoms with van der Waals surface area (Å²) < 4.78 is 28.3. The molecule has 4 nitrogen and oxygen atoms in total. The zero-order valence-corrected chi connectivity index (χ0v) is 10.4. The minimum Gasteiger partial charge on any atom is -0.386 e. The smallest absolute Gasteiger partial charge is 0.153 e. The lowest BCUT2D eigenvalue weighted by atomic mass is 10.0. The van der Waals surface area contributed by atoms with E-state index < -0.39 is 20.7 Å². The summed E-state index contributed by atoms with van der Waals surface area (Å²) >= 11 is 0. The molecular formula is C10H20O4S. The predicted octanol–water partition coefficient (Wildman–Crippen LogP) is 0.740. The van der Waals surface area contributed by atoms with Gasteiger partial charge in [0.05, 0.1) is 18.0 Å². The van der Waals surface area contributed by atoms with E-state index in [0.717, 1.165) is 6.42 Å². The van der Waals surface area contributed by atoms with Crippen molar-refractivity contribution >= 4 is 9.84 Å².